The molecule has 1 heterocycles. The molecule has 0 radical (unpaired) electrons. The Hall–Kier alpha value is -3.63. The highest BCUT2D eigenvalue weighted by atomic mass is 32.2. The minimum absolute atomic E-state index is 0.0638. The lowest BCUT2D eigenvalue weighted by Gasteiger charge is -2.08. The molecule has 3 amide bonds. The maximum absolute atomic E-state index is 12.9. The number of carbonyl (C=O) groups excluding carboxylic acids is 4. The van der Waals surface area contributed by atoms with E-state index in [2.05, 4.69) is 16.0 Å². The average molecular weight is 512 g/mol. The van der Waals surface area contributed by atoms with Crippen LogP contribution in [0.25, 0.3) is 0 Å². The van der Waals surface area contributed by atoms with Gasteiger partial charge in [-0.3, -0.25) is 14.4 Å². The summed E-state index contributed by atoms with van der Waals surface area (Å²) >= 11 is 2.30. The lowest BCUT2D eigenvalue weighted by molar-refractivity contribution is -0.114. The van der Waals surface area contributed by atoms with Crippen molar-refractivity contribution in [3.63, 3.8) is 0 Å². The maximum Gasteiger partial charge on any atom is 0.341 e. The molecule has 0 spiro atoms. The van der Waals surface area contributed by atoms with Crippen LogP contribution in [-0.2, 0) is 14.3 Å². The standard InChI is InChI=1S/C25H25N3O5S2/c1-4-33-25(32)21-15(2)22(23(31)27-17-9-6-5-7-10-17)35-24(21)28-20(30)14-34-19-12-8-11-18(13-19)26-16(3)29/h5-13H,4,14H2,1-3H3,(H,26,29)(H,27,31)(H,28,30). The first kappa shape index (κ1) is 26.0. The van der Waals surface area contributed by atoms with Crippen LogP contribution in [0.3, 0.4) is 0 Å². The van der Waals surface area contributed by atoms with Crippen LogP contribution in [0.1, 0.15) is 39.4 Å². The Kier molecular flexibility index (Phi) is 9.04. The Morgan fingerprint density at radius 1 is 0.943 bits per heavy atom. The van der Waals surface area contributed by atoms with Gasteiger partial charge in [-0.25, -0.2) is 4.79 Å². The Labute approximate surface area is 211 Å². The SMILES string of the molecule is CCOC(=O)c1c(NC(=O)CSc2cccc(NC(C)=O)c2)sc(C(=O)Nc2ccccc2)c1C. The number of benzene rings is 2. The van der Waals surface area contributed by atoms with Gasteiger partial charge in [-0.2, -0.15) is 0 Å². The summed E-state index contributed by atoms with van der Waals surface area (Å²) in [4.78, 5) is 50.6. The summed E-state index contributed by atoms with van der Waals surface area (Å²) in [7, 11) is 0. The fourth-order valence-electron chi connectivity index (χ4n) is 3.16. The molecule has 8 nitrogen and oxygen atoms in total. The van der Waals surface area contributed by atoms with Gasteiger partial charge in [0.15, 0.2) is 0 Å². The third-order valence-corrected chi connectivity index (χ3v) is 6.84. The van der Waals surface area contributed by atoms with Gasteiger partial charge in [0.2, 0.25) is 11.8 Å². The molecule has 35 heavy (non-hydrogen) atoms. The van der Waals surface area contributed by atoms with Gasteiger partial charge in [-0.1, -0.05) is 24.3 Å². The molecule has 0 unspecified atom stereocenters. The Morgan fingerprint density at radius 3 is 2.34 bits per heavy atom. The van der Waals surface area contributed by atoms with Crippen LogP contribution in [0.2, 0.25) is 0 Å². The second-order valence-corrected chi connectivity index (χ2v) is 9.42. The van der Waals surface area contributed by atoms with Crippen molar-refractivity contribution in [3.05, 3.63) is 70.6 Å². The monoisotopic (exact) mass is 511 g/mol. The molecule has 0 aliphatic rings. The fraction of sp³-hybridized carbons (Fsp3) is 0.200. The topological polar surface area (TPSA) is 114 Å². The zero-order valence-corrected chi connectivity index (χ0v) is 21.1. The third kappa shape index (κ3) is 7.17. The summed E-state index contributed by atoms with van der Waals surface area (Å²) in [5, 5.41) is 8.52. The molecular formula is C25H25N3O5S2. The van der Waals surface area contributed by atoms with Gasteiger partial charge in [0.05, 0.1) is 22.8 Å². The predicted molar refractivity (Wildman–Crippen MR) is 140 cm³/mol. The maximum atomic E-state index is 12.9. The Balaban J connectivity index is 1.76. The van der Waals surface area contributed by atoms with Crippen LogP contribution in [0, 0.1) is 6.92 Å². The highest BCUT2D eigenvalue weighted by Crippen LogP contribution is 2.34. The van der Waals surface area contributed by atoms with Crippen molar-refractivity contribution < 1.29 is 23.9 Å². The normalized spacial score (nSPS) is 10.4. The number of para-hydroxylation sites is 1. The van der Waals surface area contributed by atoms with E-state index in [1.807, 2.05) is 12.1 Å². The van der Waals surface area contributed by atoms with Crippen LogP contribution in [-0.4, -0.2) is 36.1 Å². The number of amides is 3. The first-order valence-corrected chi connectivity index (χ1v) is 12.6. The quantitative estimate of drug-likeness (QED) is 0.270. The van der Waals surface area contributed by atoms with Gasteiger partial charge in [-0.15, -0.1) is 23.1 Å². The molecule has 0 atom stereocenters. The van der Waals surface area contributed by atoms with E-state index in [4.69, 9.17) is 4.74 Å². The van der Waals surface area contributed by atoms with E-state index in [1.54, 1.807) is 56.3 Å². The first-order valence-electron chi connectivity index (χ1n) is 10.8. The van der Waals surface area contributed by atoms with Crippen LogP contribution >= 0.6 is 23.1 Å². The van der Waals surface area contributed by atoms with Crippen molar-refractivity contribution in [1.82, 2.24) is 0 Å². The number of thioether (sulfide) groups is 1. The number of hydrogen-bond donors (Lipinski definition) is 3. The fourth-order valence-corrected chi connectivity index (χ4v) is 5.02. The molecule has 1 aromatic heterocycles. The van der Waals surface area contributed by atoms with Crippen molar-refractivity contribution in [1.29, 1.82) is 0 Å². The second-order valence-electron chi connectivity index (χ2n) is 7.35. The molecule has 0 aliphatic carbocycles. The summed E-state index contributed by atoms with van der Waals surface area (Å²) in [6, 6.07) is 16.1. The molecule has 0 aliphatic heterocycles. The molecule has 2 aromatic carbocycles. The van der Waals surface area contributed by atoms with E-state index in [1.165, 1.54) is 18.7 Å². The Morgan fingerprint density at radius 2 is 1.66 bits per heavy atom. The van der Waals surface area contributed by atoms with Crippen LogP contribution in [0.5, 0.6) is 0 Å². The van der Waals surface area contributed by atoms with Gasteiger partial charge >= 0.3 is 5.97 Å². The van der Waals surface area contributed by atoms with Crippen LogP contribution < -0.4 is 16.0 Å². The third-order valence-electron chi connectivity index (χ3n) is 4.64. The van der Waals surface area contributed by atoms with E-state index < -0.39 is 5.97 Å². The van der Waals surface area contributed by atoms with Crippen LogP contribution in [0.15, 0.2) is 59.5 Å². The van der Waals surface area contributed by atoms with Crippen molar-refractivity contribution in [3.8, 4) is 0 Å². The summed E-state index contributed by atoms with van der Waals surface area (Å²) in [6.07, 6.45) is 0. The number of anilines is 3. The van der Waals surface area contributed by atoms with E-state index in [-0.39, 0.29) is 40.6 Å². The molecule has 182 valence electrons. The summed E-state index contributed by atoms with van der Waals surface area (Å²) < 4.78 is 5.16. The summed E-state index contributed by atoms with van der Waals surface area (Å²) in [6.45, 7) is 4.92. The summed E-state index contributed by atoms with van der Waals surface area (Å²) in [5.74, 6) is -1.45. The number of esters is 1. The second kappa shape index (κ2) is 12.2. The van der Waals surface area contributed by atoms with Gasteiger partial charge in [0, 0.05) is 23.2 Å². The molecule has 0 saturated heterocycles. The average Bonchev–Trinajstić information content (AvgIpc) is 3.14. The lowest BCUT2D eigenvalue weighted by Crippen LogP contribution is -2.16. The van der Waals surface area contributed by atoms with E-state index in [0.717, 1.165) is 16.2 Å². The Bertz CT molecular complexity index is 1240. The van der Waals surface area contributed by atoms with Gasteiger partial charge < -0.3 is 20.7 Å². The number of thiophene rings is 1. The molecular weight excluding hydrogens is 486 g/mol. The van der Waals surface area contributed by atoms with Crippen molar-refractivity contribution in [2.75, 3.05) is 28.3 Å². The predicted octanol–water partition coefficient (Wildman–Crippen LogP) is 5.17. The smallest absolute Gasteiger partial charge is 0.341 e. The number of carbonyl (C=O) groups is 4. The highest BCUT2D eigenvalue weighted by Gasteiger charge is 2.26. The van der Waals surface area contributed by atoms with Crippen LogP contribution in [0.4, 0.5) is 16.4 Å². The molecule has 0 bridgehead atoms. The lowest BCUT2D eigenvalue weighted by atomic mass is 10.1. The van der Waals surface area contributed by atoms with Crippen molar-refractivity contribution in [2.45, 2.75) is 25.7 Å². The van der Waals surface area contributed by atoms with E-state index >= 15 is 0 Å². The molecule has 3 aromatic rings. The largest absolute Gasteiger partial charge is 0.462 e. The number of rotatable bonds is 9. The van der Waals surface area contributed by atoms with E-state index in [9.17, 15) is 19.2 Å². The van der Waals surface area contributed by atoms with E-state index in [0.29, 0.717) is 21.8 Å². The number of hydrogen-bond acceptors (Lipinski definition) is 7. The molecule has 0 fully saturated rings. The minimum atomic E-state index is -0.606. The number of nitrogens with one attached hydrogen (secondary N) is 3. The van der Waals surface area contributed by atoms with Gasteiger partial charge in [-0.05, 0) is 49.7 Å². The molecule has 3 rings (SSSR count). The summed E-state index contributed by atoms with van der Waals surface area (Å²) in [5.41, 5.74) is 1.86. The van der Waals surface area contributed by atoms with Gasteiger partial charge in [0.1, 0.15) is 5.00 Å². The first-order chi connectivity index (χ1) is 16.8. The molecule has 10 heteroatoms. The molecule has 3 N–H and O–H groups in total. The molecule has 0 saturated carbocycles. The highest BCUT2D eigenvalue weighted by molar-refractivity contribution is 8.00. The zero-order chi connectivity index (χ0) is 25.4. The van der Waals surface area contributed by atoms with Crippen molar-refractivity contribution >= 4 is 63.2 Å². The zero-order valence-electron chi connectivity index (χ0n) is 19.5. The van der Waals surface area contributed by atoms with Crippen molar-refractivity contribution in [2.24, 2.45) is 0 Å². The van der Waals surface area contributed by atoms with Gasteiger partial charge in [0.25, 0.3) is 5.91 Å². The minimum Gasteiger partial charge on any atom is -0.462 e. The number of ether oxygens (including phenoxy) is 1.